The lowest BCUT2D eigenvalue weighted by Crippen LogP contribution is -2.38. The number of hydrogen-bond donors (Lipinski definition) is 1. The molecule has 1 aliphatic rings. The highest BCUT2D eigenvalue weighted by atomic mass is 32.1. The van der Waals surface area contributed by atoms with Crippen LogP contribution in [-0.2, 0) is 4.74 Å². The van der Waals surface area contributed by atoms with Gasteiger partial charge in [0.1, 0.15) is 0 Å². The van der Waals surface area contributed by atoms with E-state index in [1.165, 1.54) is 11.3 Å². The molecule has 156 valence electrons. The summed E-state index contributed by atoms with van der Waals surface area (Å²) in [6.45, 7) is 6.13. The summed E-state index contributed by atoms with van der Waals surface area (Å²) >= 11 is 1.24. The van der Waals surface area contributed by atoms with Crippen LogP contribution in [0.2, 0.25) is 0 Å². The third kappa shape index (κ3) is 3.20. The Balaban J connectivity index is 1.66. The summed E-state index contributed by atoms with van der Waals surface area (Å²) in [5.41, 5.74) is 5.15. The first kappa shape index (κ1) is 19.3. The van der Waals surface area contributed by atoms with Crippen molar-refractivity contribution in [1.82, 2.24) is 19.6 Å². The lowest BCUT2D eigenvalue weighted by atomic mass is 9.98. The number of methoxy groups -OCH3 is 1. The number of thiazole rings is 1. The van der Waals surface area contributed by atoms with Crippen molar-refractivity contribution in [2.75, 3.05) is 25.1 Å². The molecule has 0 aliphatic carbocycles. The number of nitrogens with zero attached hydrogens (tertiary/aromatic N) is 4. The fraction of sp³-hybridized carbons (Fsp3) is 0.409. The van der Waals surface area contributed by atoms with Gasteiger partial charge in [0, 0.05) is 32.0 Å². The molecule has 30 heavy (non-hydrogen) atoms. The molecule has 4 heterocycles. The van der Waals surface area contributed by atoms with E-state index in [1.54, 1.807) is 7.11 Å². The zero-order chi connectivity index (χ0) is 20.8. The zero-order valence-corrected chi connectivity index (χ0v) is 18.2. The highest BCUT2D eigenvalue weighted by Gasteiger charge is 2.25. The zero-order valence-electron chi connectivity index (χ0n) is 17.4. The Morgan fingerprint density at radius 2 is 2.03 bits per heavy atom. The lowest BCUT2D eigenvalue weighted by Gasteiger charge is -2.31. The first-order valence-electron chi connectivity index (χ1n) is 10.3. The maximum atomic E-state index is 11.8. The van der Waals surface area contributed by atoms with E-state index in [1.807, 2.05) is 22.8 Å². The molecule has 0 spiro atoms. The molecule has 1 fully saturated rings. The number of aromatic nitrogens is 4. The van der Waals surface area contributed by atoms with E-state index in [2.05, 4.69) is 40.8 Å². The number of piperidine rings is 1. The van der Waals surface area contributed by atoms with Gasteiger partial charge in [-0.2, -0.15) is 9.61 Å². The molecule has 0 unspecified atom stereocenters. The van der Waals surface area contributed by atoms with Gasteiger partial charge in [-0.15, -0.1) is 0 Å². The van der Waals surface area contributed by atoms with Crippen molar-refractivity contribution in [3.63, 3.8) is 0 Å². The van der Waals surface area contributed by atoms with Gasteiger partial charge < -0.3 is 14.6 Å². The van der Waals surface area contributed by atoms with E-state index >= 15 is 0 Å². The molecule has 4 aromatic rings. The molecule has 1 aliphatic heterocycles. The highest BCUT2D eigenvalue weighted by molar-refractivity contribution is 7.16. The average Bonchev–Trinajstić information content (AvgIpc) is 3.32. The fourth-order valence-electron chi connectivity index (χ4n) is 4.29. The maximum Gasteiger partial charge on any atom is 0.305 e. The second kappa shape index (κ2) is 7.52. The predicted molar refractivity (Wildman–Crippen MR) is 121 cm³/mol. The Labute approximate surface area is 178 Å². The smallest absolute Gasteiger partial charge is 0.305 e. The minimum atomic E-state index is -0.0305. The van der Waals surface area contributed by atoms with E-state index in [-0.39, 0.29) is 10.8 Å². The van der Waals surface area contributed by atoms with Gasteiger partial charge in [-0.1, -0.05) is 31.3 Å². The second-order valence-corrected chi connectivity index (χ2v) is 9.12. The lowest BCUT2D eigenvalue weighted by molar-refractivity contribution is 0.0816. The normalized spacial score (nSPS) is 15.7. The standard InChI is InChI=1S/C22H25N5O2S/c1-13(2)20-19(14-4-5-16-18(12-14)30-22(28)24-16)17-6-9-23-21(27(17)25-20)26-10-7-15(29-3)8-11-26/h4-6,9,12-13,15H,7-8,10-11H2,1-3H3,(H,24,28). The summed E-state index contributed by atoms with van der Waals surface area (Å²) < 4.78 is 8.47. The molecule has 0 amide bonds. The number of anilines is 1. The van der Waals surface area contributed by atoms with E-state index in [9.17, 15) is 4.79 Å². The average molecular weight is 424 g/mol. The van der Waals surface area contributed by atoms with Gasteiger partial charge in [-0.3, -0.25) is 4.79 Å². The number of H-pyrrole nitrogens is 1. The minimum Gasteiger partial charge on any atom is -0.381 e. The summed E-state index contributed by atoms with van der Waals surface area (Å²) in [4.78, 5) is 21.6. The Bertz CT molecular complexity index is 1260. The van der Waals surface area contributed by atoms with Gasteiger partial charge in [-0.25, -0.2) is 4.98 Å². The fourth-order valence-corrected chi connectivity index (χ4v) is 5.07. The first-order chi connectivity index (χ1) is 14.5. The van der Waals surface area contributed by atoms with Crippen LogP contribution in [-0.4, -0.2) is 45.9 Å². The van der Waals surface area contributed by atoms with Crippen molar-refractivity contribution >= 4 is 33.0 Å². The topological polar surface area (TPSA) is 75.5 Å². The monoisotopic (exact) mass is 423 g/mol. The molecule has 0 bridgehead atoms. The Hall–Kier alpha value is -2.71. The largest absolute Gasteiger partial charge is 0.381 e. The number of ether oxygens (including phenoxy) is 1. The summed E-state index contributed by atoms with van der Waals surface area (Å²) in [6.07, 6.45) is 4.17. The molecule has 7 nitrogen and oxygen atoms in total. The third-order valence-corrected chi connectivity index (χ3v) is 6.72. The predicted octanol–water partition coefficient (Wildman–Crippen LogP) is 4.04. The van der Waals surface area contributed by atoms with E-state index < -0.39 is 0 Å². The van der Waals surface area contributed by atoms with Crippen LogP contribution in [0.1, 0.15) is 38.3 Å². The molecule has 5 rings (SSSR count). The number of hydrogen-bond acceptors (Lipinski definition) is 6. The van der Waals surface area contributed by atoms with Crippen LogP contribution >= 0.6 is 11.3 Å². The molecule has 1 N–H and O–H groups in total. The van der Waals surface area contributed by atoms with Gasteiger partial charge in [0.15, 0.2) is 0 Å². The van der Waals surface area contributed by atoms with Crippen LogP contribution in [0.5, 0.6) is 0 Å². The van der Waals surface area contributed by atoms with Crippen LogP contribution in [0.25, 0.3) is 26.9 Å². The molecular weight excluding hydrogens is 398 g/mol. The molecule has 1 saturated heterocycles. The van der Waals surface area contributed by atoms with Gasteiger partial charge in [-0.05, 0) is 42.5 Å². The van der Waals surface area contributed by atoms with Crippen molar-refractivity contribution < 1.29 is 4.74 Å². The number of nitrogens with one attached hydrogen (secondary N) is 1. The Kier molecular flexibility index (Phi) is 4.83. The maximum absolute atomic E-state index is 11.8. The Morgan fingerprint density at radius 3 is 2.77 bits per heavy atom. The van der Waals surface area contributed by atoms with Gasteiger partial charge in [0.05, 0.1) is 27.5 Å². The minimum absolute atomic E-state index is 0.0305. The van der Waals surface area contributed by atoms with Crippen LogP contribution in [0.4, 0.5) is 5.95 Å². The number of fused-ring (bicyclic) bond motifs is 2. The van der Waals surface area contributed by atoms with Crippen LogP contribution in [0.15, 0.2) is 35.3 Å². The Morgan fingerprint density at radius 1 is 1.23 bits per heavy atom. The van der Waals surface area contributed by atoms with Gasteiger partial charge in [0.2, 0.25) is 5.95 Å². The SMILES string of the molecule is COC1CCN(c2nccc3c(-c4ccc5[nH]c(=O)sc5c4)c(C(C)C)nn23)CC1. The molecule has 0 atom stereocenters. The van der Waals surface area contributed by atoms with Crippen molar-refractivity contribution in [3.05, 3.63) is 45.8 Å². The number of aromatic amines is 1. The van der Waals surface area contributed by atoms with Crippen molar-refractivity contribution in [3.8, 4) is 11.1 Å². The molecule has 1 aromatic carbocycles. The summed E-state index contributed by atoms with van der Waals surface area (Å²) in [7, 11) is 1.78. The van der Waals surface area contributed by atoms with E-state index in [0.29, 0.717) is 6.10 Å². The van der Waals surface area contributed by atoms with Crippen LogP contribution < -0.4 is 9.77 Å². The summed E-state index contributed by atoms with van der Waals surface area (Å²) in [5.74, 6) is 1.13. The molecular formula is C22H25N5O2S. The highest BCUT2D eigenvalue weighted by Crippen LogP contribution is 2.36. The van der Waals surface area contributed by atoms with Crippen molar-refractivity contribution in [1.29, 1.82) is 0 Å². The molecule has 8 heteroatoms. The van der Waals surface area contributed by atoms with E-state index in [0.717, 1.165) is 64.4 Å². The molecule has 0 radical (unpaired) electrons. The van der Waals surface area contributed by atoms with Crippen LogP contribution in [0, 0.1) is 0 Å². The van der Waals surface area contributed by atoms with Crippen molar-refractivity contribution in [2.45, 2.75) is 38.7 Å². The number of rotatable bonds is 4. The second-order valence-electron chi connectivity index (χ2n) is 8.10. The quantitative estimate of drug-likeness (QED) is 0.536. The van der Waals surface area contributed by atoms with Gasteiger partial charge >= 0.3 is 4.87 Å². The summed E-state index contributed by atoms with van der Waals surface area (Å²) in [6, 6.07) is 8.17. The van der Waals surface area contributed by atoms with Crippen LogP contribution in [0.3, 0.4) is 0 Å². The summed E-state index contributed by atoms with van der Waals surface area (Å²) in [5, 5.41) is 5.00. The third-order valence-electron chi connectivity index (χ3n) is 5.87. The molecule has 0 saturated carbocycles. The number of benzene rings is 1. The van der Waals surface area contributed by atoms with Gasteiger partial charge in [0.25, 0.3) is 0 Å². The van der Waals surface area contributed by atoms with Crippen molar-refractivity contribution in [2.24, 2.45) is 0 Å². The first-order valence-corrected chi connectivity index (χ1v) is 11.2. The van der Waals surface area contributed by atoms with E-state index in [4.69, 9.17) is 9.84 Å². The molecule has 3 aromatic heterocycles.